The molecule has 0 aliphatic rings. The molecule has 0 saturated carbocycles. The standard InChI is InChI=1S/C16H19N7O2/c1-11(2)7-14-19-16(25-20-14)9-17-15(24)8-12-3-5-13(6-4-12)23-10-18-21-22-23/h3-6,10-11H,7-9H2,1-2H3,(H,17,24). The van der Waals surface area contributed by atoms with E-state index in [0.29, 0.717) is 17.6 Å². The van der Waals surface area contributed by atoms with Crippen LogP contribution in [-0.4, -0.2) is 36.3 Å². The lowest BCUT2D eigenvalue weighted by molar-refractivity contribution is -0.120. The summed E-state index contributed by atoms with van der Waals surface area (Å²) in [6, 6.07) is 7.44. The molecule has 0 radical (unpaired) electrons. The number of benzene rings is 1. The van der Waals surface area contributed by atoms with Crippen LogP contribution in [0.2, 0.25) is 0 Å². The SMILES string of the molecule is CC(C)Cc1noc(CNC(=O)Cc2ccc(-n3cnnn3)cc2)n1. The van der Waals surface area contributed by atoms with Gasteiger partial charge in [0.1, 0.15) is 6.33 Å². The van der Waals surface area contributed by atoms with Crippen LogP contribution in [0.15, 0.2) is 35.1 Å². The predicted molar refractivity (Wildman–Crippen MR) is 87.5 cm³/mol. The number of hydrogen-bond acceptors (Lipinski definition) is 7. The number of carbonyl (C=O) groups is 1. The number of carbonyl (C=O) groups excluding carboxylic acids is 1. The van der Waals surface area contributed by atoms with Gasteiger partial charge in [0.2, 0.25) is 11.8 Å². The minimum absolute atomic E-state index is 0.112. The summed E-state index contributed by atoms with van der Waals surface area (Å²) >= 11 is 0. The lowest BCUT2D eigenvalue weighted by atomic mass is 10.1. The van der Waals surface area contributed by atoms with Crippen molar-refractivity contribution < 1.29 is 9.32 Å². The van der Waals surface area contributed by atoms with Gasteiger partial charge in [-0.25, -0.2) is 4.68 Å². The maximum Gasteiger partial charge on any atom is 0.246 e. The van der Waals surface area contributed by atoms with Gasteiger partial charge in [-0.3, -0.25) is 4.79 Å². The fourth-order valence-corrected chi connectivity index (χ4v) is 2.28. The molecular weight excluding hydrogens is 322 g/mol. The lowest BCUT2D eigenvalue weighted by Gasteiger charge is -2.04. The minimum atomic E-state index is -0.112. The first kappa shape index (κ1) is 16.7. The van der Waals surface area contributed by atoms with Gasteiger partial charge < -0.3 is 9.84 Å². The van der Waals surface area contributed by atoms with Gasteiger partial charge in [-0.1, -0.05) is 31.1 Å². The highest BCUT2D eigenvalue weighted by Gasteiger charge is 2.10. The van der Waals surface area contributed by atoms with Crippen molar-refractivity contribution in [3.8, 4) is 5.69 Å². The van der Waals surface area contributed by atoms with E-state index in [9.17, 15) is 4.79 Å². The van der Waals surface area contributed by atoms with E-state index in [0.717, 1.165) is 17.7 Å². The zero-order valence-corrected chi connectivity index (χ0v) is 14.1. The zero-order chi connectivity index (χ0) is 17.6. The first-order chi connectivity index (χ1) is 12.1. The van der Waals surface area contributed by atoms with E-state index in [1.807, 2.05) is 24.3 Å². The summed E-state index contributed by atoms with van der Waals surface area (Å²) in [5.41, 5.74) is 1.72. The maximum atomic E-state index is 12.0. The summed E-state index contributed by atoms with van der Waals surface area (Å²) in [6.07, 6.45) is 2.54. The van der Waals surface area contributed by atoms with Gasteiger partial charge in [0, 0.05) is 6.42 Å². The number of aromatic nitrogens is 6. The first-order valence-electron chi connectivity index (χ1n) is 8.00. The second kappa shape index (κ2) is 7.65. The van der Waals surface area contributed by atoms with Crippen LogP contribution in [0.1, 0.15) is 31.1 Å². The first-order valence-corrected chi connectivity index (χ1v) is 8.00. The van der Waals surface area contributed by atoms with Gasteiger partial charge in [-0.15, -0.1) is 5.10 Å². The van der Waals surface area contributed by atoms with E-state index in [1.165, 1.54) is 6.33 Å². The Labute approximate surface area is 144 Å². The van der Waals surface area contributed by atoms with Crippen molar-refractivity contribution in [2.24, 2.45) is 5.92 Å². The van der Waals surface area contributed by atoms with Crippen molar-refractivity contribution in [2.45, 2.75) is 33.2 Å². The number of nitrogens with zero attached hydrogens (tertiary/aromatic N) is 6. The molecule has 9 heteroatoms. The third-order valence-corrected chi connectivity index (χ3v) is 3.45. The molecule has 130 valence electrons. The van der Waals surface area contributed by atoms with Crippen molar-refractivity contribution in [3.05, 3.63) is 47.9 Å². The molecule has 0 aliphatic carbocycles. The quantitative estimate of drug-likeness (QED) is 0.685. The molecule has 9 nitrogen and oxygen atoms in total. The average Bonchev–Trinajstić information content (AvgIpc) is 3.25. The van der Waals surface area contributed by atoms with Crippen LogP contribution in [0.5, 0.6) is 0 Å². The Kier molecular flexibility index (Phi) is 5.12. The van der Waals surface area contributed by atoms with Gasteiger partial charge in [0.25, 0.3) is 0 Å². The lowest BCUT2D eigenvalue weighted by Crippen LogP contribution is -2.24. The normalized spacial score (nSPS) is 11.0. The Morgan fingerprint density at radius 3 is 2.76 bits per heavy atom. The topological polar surface area (TPSA) is 112 Å². The van der Waals surface area contributed by atoms with Gasteiger partial charge in [-0.05, 0) is 34.0 Å². The largest absolute Gasteiger partial charge is 0.347 e. The van der Waals surface area contributed by atoms with Gasteiger partial charge in [-0.2, -0.15) is 4.98 Å². The molecule has 0 unspecified atom stereocenters. The van der Waals surface area contributed by atoms with Crippen molar-refractivity contribution in [3.63, 3.8) is 0 Å². The molecule has 1 N–H and O–H groups in total. The van der Waals surface area contributed by atoms with Gasteiger partial charge in [0.05, 0.1) is 18.7 Å². The predicted octanol–water partition coefficient (Wildman–Crippen LogP) is 1.10. The Bertz CT molecular complexity index is 809. The average molecular weight is 341 g/mol. The van der Waals surface area contributed by atoms with Crippen LogP contribution in [0.4, 0.5) is 0 Å². The number of hydrogen-bond donors (Lipinski definition) is 1. The smallest absolute Gasteiger partial charge is 0.246 e. The third-order valence-electron chi connectivity index (χ3n) is 3.45. The Morgan fingerprint density at radius 1 is 1.28 bits per heavy atom. The highest BCUT2D eigenvalue weighted by molar-refractivity contribution is 5.78. The molecule has 0 atom stereocenters. The zero-order valence-electron chi connectivity index (χ0n) is 14.1. The summed E-state index contributed by atoms with van der Waals surface area (Å²) in [4.78, 5) is 16.3. The van der Waals surface area contributed by atoms with Crippen LogP contribution in [0, 0.1) is 5.92 Å². The molecule has 0 spiro atoms. The van der Waals surface area contributed by atoms with Crippen LogP contribution in [0.3, 0.4) is 0 Å². The van der Waals surface area contributed by atoms with Crippen molar-refractivity contribution in [1.82, 2.24) is 35.7 Å². The maximum absolute atomic E-state index is 12.0. The molecule has 1 aromatic carbocycles. The van der Waals surface area contributed by atoms with Crippen LogP contribution in [0.25, 0.3) is 5.69 Å². The number of nitrogens with one attached hydrogen (secondary N) is 1. The van der Waals surface area contributed by atoms with E-state index < -0.39 is 0 Å². The summed E-state index contributed by atoms with van der Waals surface area (Å²) in [7, 11) is 0. The summed E-state index contributed by atoms with van der Waals surface area (Å²) in [5.74, 6) is 1.42. The molecular formula is C16H19N7O2. The second-order valence-corrected chi connectivity index (χ2v) is 6.08. The number of tetrazole rings is 1. The molecule has 0 aliphatic heterocycles. The molecule has 25 heavy (non-hydrogen) atoms. The summed E-state index contributed by atoms with van der Waals surface area (Å²) < 4.78 is 6.68. The van der Waals surface area contributed by atoms with E-state index in [4.69, 9.17) is 4.52 Å². The fourth-order valence-electron chi connectivity index (χ4n) is 2.28. The van der Waals surface area contributed by atoms with E-state index in [-0.39, 0.29) is 18.9 Å². The fraction of sp³-hybridized carbons (Fsp3) is 0.375. The van der Waals surface area contributed by atoms with E-state index in [2.05, 4.69) is 44.8 Å². The molecule has 0 bridgehead atoms. The highest BCUT2D eigenvalue weighted by atomic mass is 16.5. The van der Waals surface area contributed by atoms with Crippen LogP contribution < -0.4 is 5.32 Å². The number of rotatable bonds is 7. The molecule has 3 rings (SSSR count). The van der Waals surface area contributed by atoms with Crippen LogP contribution >= 0.6 is 0 Å². The van der Waals surface area contributed by atoms with Crippen molar-refractivity contribution >= 4 is 5.91 Å². The van der Waals surface area contributed by atoms with E-state index >= 15 is 0 Å². The van der Waals surface area contributed by atoms with Crippen molar-refractivity contribution in [1.29, 1.82) is 0 Å². The van der Waals surface area contributed by atoms with Gasteiger partial charge in [0.15, 0.2) is 5.82 Å². The molecule has 2 aromatic heterocycles. The molecule has 0 fully saturated rings. The highest BCUT2D eigenvalue weighted by Crippen LogP contribution is 2.09. The Balaban J connectivity index is 1.50. The van der Waals surface area contributed by atoms with E-state index in [1.54, 1.807) is 4.68 Å². The molecule has 3 aromatic rings. The Morgan fingerprint density at radius 2 is 2.08 bits per heavy atom. The summed E-state index contributed by atoms with van der Waals surface area (Å²) in [5, 5.41) is 17.7. The van der Waals surface area contributed by atoms with Gasteiger partial charge >= 0.3 is 0 Å². The van der Waals surface area contributed by atoms with Crippen molar-refractivity contribution in [2.75, 3.05) is 0 Å². The Hall–Kier alpha value is -3.10. The molecule has 0 saturated heterocycles. The van der Waals surface area contributed by atoms with Crippen LogP contribution in [-0.2, 0) is 24.2 Å². The summed E-state index contributed by atoms with van der Waals surface area (Å²) in [6.45, 7) is 4.40. The second-order valence-electron chi connectivity index (χ2n) is 6.08. The molecule has 1 amide bonds. The molecule has 2 heterocycles. The monoisotopic (exact) mass is 341 g/mol. The number of amides is 1. The minimum Gasteiger partial charge on any atom is -0.347 e. The third kappa shape index (κ3) is 4.69.